The Bertz CT molecular complexity index is 886. The molecule has 0 radical (unpaired) electrons. The van der Waals surface area contributed by atoms with Gasteiger partial charge < -0.3 is 16.4 Å². The van der Waals surface area contributed by atoms with Crippen LogP contribution >= 0.6 is 11.8 Å². The number of nitrogens with two attached hydrogens (primary N) is 1. The van der Waals surface area contributed by atoms with E-state index in [-0.39, 0.29) is 5.95 Å². The first-order valence-electron chi connectivity index (χ1n) is 10.6. The van der Waals surface area contributed by atoms with Crippen molar-refractivity contribution in [1.82, 2.24) is 15.0 Å². The lowest BCUT2D eigenvalue weighted by atomic mass is 10.1. The Kier molecular flexibility index (Phi) is 8.78. The molecular weight excluding hydrogens is 392 g/mol. The zero-order valence-electron chi connectivity index (χ0n) is 17.5. The molecule has 3 aromatic rings. The van der Waals surface area contributed by atoms with Crippen LogP contribution in [-0.2, 0) is 0 Å². The molecule has 0 aliphatic heterocycles. The van der Waals surface area contributed by atoms with E-state index in [2.05, 4.69) is 32.5 Å². The highest BCUT2D eigenvalue weighted by Gasteiger charge is 2.06. The number of benzene rings is 2. The fourth-order valence-electron chi connectivity index (χ4n) is 2.99. The number of hydrogen-bond acceptors (Lipinski definition) is 7. The Hall–Kier alpha value is -2.80. The molecular formula is C23H30N6S. The number of rotatable bonds is 12. The van der Waals surface area contributed by atoms with Gasteiger partial charge in [-0.3, -0.25) is 0 Å². The van der Waals surface area contributed by atoms with E-state index in [1.807, 2.05) is 54.6 Å². The van der Waals surface area contributed by atoms with Crippen LogP contribution in [0.5, 0.6) is 0 Å². The smallest absolute Gasteiger partial charge is 0.233 e. The van der Waals surface area contributed by atoms with Crippen molar-refractivity contribution in [3.63, 3.8) is 0 Å². The molecule has 3 rings (SSSR count). The Morgan fingerprint density at radius 1 is 0.733 bits per heavy atom. The van der Waals surface area contributed by atoms with Gasteiger partial charge in [-0.25, -0.2) is 0 Å². The van der Waals surface area contributed by atoms with Crippen LogP contribution in [0.1, 0.15) is 45.4 Å². The second-order valence-electron chi connectivity index (χ2n) is 7.11. The molecule has 30 heavy (non-hydrogen) atoms. The van der Waals surface area contributed by atoms with Crippen molar-refractivity contribution < 1.29 is 0 Å². The van der Waals surface area contributed by atoms with Gasteiger partial charge in [-0.15, -0.1) is 0 Å². The number of thioether (sulfide) groups is 1. The number of unbranched alkanes of at least 4 members (excludes halogenated alkanes) is 5. The minimum atomic E-state index is 0.236. The second-order valence-corrected chi connectivity index (χ2v) is 8.17. The molecule has 0 bridgehead atoms. The lowest BCUT2D eigenvalue weighted by Gasteiger charge is -2.09. The van der Waals surface area contributed by atoms with E-state index < -0.39 is 0 Å². The van der Waals surface area contributed by atoms with Gasteiger partial charge in [0.2, 0.25) is 11.9 Å². The first-order valence-corrected chi connectivity index (χ1v) is 11.5. The predicted molar refractivity (Wildman–Crippen MR) is 128 cm³/mol. The van der Waals surface area contributed by atoms with Crippen molar-refractivity contribution >= 4 is 40.7 Å². The van der Waals surface area contributed by atoms with Gasteiger partial charge in [-0.05, 0) is 42.8 Å². The summed E-state index contributed by atoms with van der Waals surface area (Å²) in [5.74, 6) is 1.70. The highest BCUT2D eigenvalue weighted by atomic mass is 32.2. The summed E-state index contributed by atoms with van der Waals surface area (Å²) in [7, 11) is 0. The maximum absolute atomic E-state index is 5.88. The minimum Gasteiger partial charge on any atom is -0.368 e. The van der Waals surface area contributed by atoms with Crippen LogP contribution in [0, 0.1) is 0 Å². The summed E-state index contributed by atoms with van der Waals surface area (Å²) in [5.41, 5.74) is 8.84. The van der Waals surface area contributed by atoms with Crippen LogP contribution in [0.25, 0.3) is 0 Å². The standard InChI is InChI=1S/C23H30N6S/c1-2-3-4-5-6-10-17-30-23-28-21(24)27-22(29-23)26-20-15-13-19(14-16-20)25-18-11-8-7-9-12-18/h7-9,11-16,25H,2-6,10,17H2,1H3,(H3,24,26,27,28,29). The van der Waals surface area contributed by atoms with Crippen molar-refractivity contribution in [1.29, 1.82) is 0 Å². The first-order chi connectivity index (χ1) is 14.7. The van der Waals surface area contributed by atoms with Crippen molar-refractivity contribution in [2.24, 2.45) is 0 Å². The molecule has 0 spiro atoms. The predicted octanol–water partition coefficient (Wildman–Crippen LogP) is 6.39. The molecule has 1 aromatic heterocycles. The van der Waals surface area contributed by atoms with Gasteiger partial charge in [-0.2, -0.15) is 15.0 Å². The van der Waals surface area contributed by atoms with Gasteiger partial charge >= 0.3 is 0 Å². The van der Waals surface area contributed by atoms with Crippen LogP contribution in [0.3, 0.4) is 0 Å². The second kappa shape index (κ2) is 12.0. The van der Waals surface area contributed by atoms with Crippen LogP contribution in [0.4, 0.5) is 29.0 Å². The summed E-state index contributed by atoms with van der Waals surface area (Å²) in [6, 6.07) is 18.1. The largest absolute Gasteiger partial charge is 0.368 e. The molecule has 0 amide bonds. The topological polar surface area (TPSA) is 88.8 Å². The summed E-state index contributed by atoms with van der Waals surface area (Å²) in [4.78, 5) is 13.0. The lowest BCUT2D eigenvalue weighted by molar-refractivity contribution is 0.627. The summed E-state index contributed by atoms with van der Waals surface area (Å²) in [6.07, 6.45) is 7.65. The molecule has 6 nitrogen and oxygen atoms in total. The van der Waals surface area contributed by atoms with Crippen molar-refractivity contribution in [3.05, 3.63) is 54.6 Å². The fourth-order valence-corrected chi connectivity index (χ4v) is 3.83. The van der Waals surface area contributed by atoms with E-state index >= 15 is 0 Å². The first kappa shape index (κ1) is 21.9. The number of nitrogens with zero attached hydrogens (tertiary/aromatic N) is 3. The molecule has 0 aliphatic carbocycles. The van der Waals surface area contributed by atoms with E-state index in [0.29, 0.717) is 11.1 Å². The Labute approximate surface area is 183 Å². The number of nitrogens with one attached hydrogen (secondary N) is 2. The van der Waals surface area contributed by atoms with Gasteiger partial charge in [0.1, 0.15) is 0 Å². The van der Waals surface area contributed by atoms with Crippen molar-refractivity contribution in [2.45, 2.75) is 50.6 Å². The Morgan fingerprint density at radius 2 is 1.37 bits per heavy atom. The van der Waals surface area contributed by atoms with Crippen LogP contribution < -0.4 is 16.4 Å². The molecule has 0 saturated heterocycles. The van der Waals surface area contributed by atoms with Crippen LogP contribution in [-0.4, -0.2) is 20.7 Å². The van der Waals surface area contributed by atoms with Crippen LogP contribution in [0.2, 0.25) is 0 Å². The molecule has 0 atom stereocenters. The molecule has 0 aliphatic rings. The number of aromatic nitrogens is 3. The minimum absolute atomic E-state index is 0.236. The number of nitrogen functional groups attached to an aromatic ring is 1. The third-order valence-electron chi connectivity index (χ3n) is 4.56. The van der Waals surface area contributed by atoms with E-state index in [0.717, 1.165) is 22.8 Å². The zero-order valence-corrected chi connectivity index (χ0v) is 18.3. The van der Waals surface area contributed by atoms with E-state index in [4.69, 9.17) is 5.73 Å². The third kappa shape index (κ3) is 7.55. The number of para-hydroxylation sites is 1. The lowest BCUT2D eigenvalue weighted by Crippen LogP contribution is -2.04. The average Bonchev–Trinajstić information content (AvgIpc) is 2.75. The number of hydrogen-bond donors (Lipinski definition) is 3. The maximum Gasteiger partial charge on any atom is 0.233 e. The maximum atomic E-state index is 5.88. The summed E-state index contributed by atoms with van der Waals surface area (Å²) < 4.78 is 0. The molecule has 7 heteroatoms. The highest BCUT2D eigenvalue weighted by molar-refractivity contribution is 7.99. The van der Waals surface area contributed by atoms with E-state index in [1.165, 1.54) is 38.5 Å². The Balaban J connectivity index is 1.51. The van der Waals surface area contributed by atoms with E-state index in [9.17, 15) is 0 Å². The van der Waals surface area contributed by atoms with Crippen LogP contribution in [0.15, 0.2) is 59.8 Å². The molecule has 0 fully saturated rings. The van der Waals surface area contributed by atoms with Gasteiger partial charge in [0, 0.05) is 22.8 Å². The Morgan fingerprint density at radius 3 is 2.10 bits per heavy atom. The normalized spacial score (nSPS) is 10.7. The third-order valence-corrected chi connectivity index (χ3v) is 5.50. The molecule has 2 aromatic carbocycles. The SMILES string of the molecule is CCCCCCCCSc1nc(N)nc(Nc2ccc(Nc3ccccc3)cc2)n1. The molecule has 0 saturated carbocycles. The summed E-state index contributed by atoms with van der Waals surface area (Å²) in [6.45, 7) is 2.24. The highest BCUT2D eigenvalue weighted by Crippen LogP contribution is 2.22. The van der Waals surface area contributed by atoms with Gasteiger partial charge in [-0.1, -0.05) is 69.0 Å². The molecule has 4 N–H and O–H groups in total. The average molecular weight is 423 g/mol. The molecule has 0 unspecified atom stereocenters. The number of anilines is 5. The zero-order chi connectivity index (χ0) is 21.0. The summed E-state index contributed by atoms with van der Waals surface area (Å²) >= 11 is 1.63. The summed E-state index contributed by atoms with van der Waals surface area (Å²) in [5, 5.41) is 7.25. The molecule has 1 heterocycles. The van der Waals surface area contributed by atoms with Gasteiger partial charge in [0.05, 0.1) is 0 Å². The van der Waals surface area contributed by atoms with Crippen molar-refractivity contribution in [2.75, 3.05) is 22.1 Å². The fraction of sp³-hybridized carbons (Fsp3) is 0.348. The van der Waals surface area contributed by atoms with Crippen molar-refractivity contribution in [3.8, 4) is 0 Å². The monoisotopic (exact) mass is 422 g/mol. The van der Waals surface area contributed by atoms with E-state index in [1.54, 1.807) is 11.8 Å². The quantitative estimate of drug-likeness (QED) is 0.230. The van der Waals surface area contributed by atoms with Gasteiger partial charge in [0.25, 0.3) is 0 Å². The molecule has 158 valence electrons. The van der Waals surface area contributed by atoms with Gasteiger partial charge in [0.15, 0.2) is 5.16 Å².